The topological polar surface area (TPSA) is 40.5 Å². The van der Waals surface area contributed by atoms with Crippen LogP contribution >= 0.6 is 15.9 Å². The quantitative estimate of drug-likeness (QED) is 0.899. The molecule has 0 aromatic heterocycles. The van der Waals surface area contributed by atoms with Crippen LogP contribution in [0.5, 0.6) is 0 Å². The summed E-state index contributed by atoms with van der Waals surface area (Å²) in [7, 11) is 0. The number of hydrogen-bond donors (Lipinski definition) is 1. The average molecular weight is 288 g/mol. The SMILES string of the molecule is O=C(c1cc(F)cc(Br)c1)N1CC(CO)C1. The zero-order valence-electron chi connectivity index (χ0n) is 8.49. The number of aliphatic hydroxyl groups is 1. The fraction of sp³-hybridized carbons (Fsp3) is 0.364. The molecule has 0 unspecified atom stereocenters. The lowest BCUT2D eigenvalue weighted by atomic mass is 10.00. The highest BCUT2D eigenvalue weighted by Gasteiger charge is 2.30. The Balaban J connectivity index is 2.10. The van der Waals surface area contributed by atoms with Gasteiger partial charge in [-0.3, -0.25) is 4.79 Å². The van der Waals surface area contributed by atoms with E-state index in [1.54, 1.807) is 11.0 Å². The summed E-state index contributed by atoms with van der Waals surface area (Å²) in [4.78, 5) is 13.4. The Morgan fingerprint density at radius 3 is 2.75 bits per heavy atom. The molecular formula is C11H11BrFNO2. The van der Waals surface area contributed by atoms with Crippen molar-refractivity contribution in [3.63, 3.8) is 0 Å². The van der Waals surface area contributed by atoms with E-state index in [2.05, 4.69) is 15.9 Å². The van der Waals surface area contributed by atoms with E-state index in [4.69, 9.17) is 5.11 Å². The van der Waals surface area contributed by atoms with Crippen LogP contribution in [0.2, 0.25) is 0 Å². The number of carbonyl (C=O) groups excluding carboxylic acids is 1. The van der Waals surface area contributed by atoms with E-state index in [0.29, 0.717) is 23.1 Å². The van der Waals surface area contributed by atoms with Crippen LogP contribution in [0, 0.1) is 11.7 Å². The molecule has 5 heteroatoms. The number of aliphatic hydroxyl groups excluding tert-OH is 1. The van der Waals surface area contributed by atoms with Crippen molar-refractivity contribution in [3.8, 4) is 0 Å². The fourth-order valence-electron chi connectivity index (χ4n) is 1.71. The van der Waals surface area contributed by atoms with Crippen LogP contribution in [0.15, 0.2) is 22.7 Å². The number of nitrogens with zero attached hydrogens (tertiary/aromatic N) is 1. The van der Waals surface area contributed by atoms with Crippen LogP contribution in [-0.2, 0) is 0 Å². The lowest BCUT2D eigenvalue weighted by molar-refractivity contribution is 0.0361. The fourth-order valence-corrected chi connectivity index (χ4v) is 2.18. The van der Waals surface area contributed by atoms with E-state index in [1.165, 1.54) is 12.1 Å². The smallest absolute Gasteiger partial charge is 0.254 e. The Labute approximate surface area is 101 Å². The molecule has 0 aliphatic carbocycles. The second-order valence-corrected chi connectivity index (χ2v) is 4.83. The van der Waals surface area contributed by atoms with Crippen LogP contribution < -0.4 is 0 Å². The standard InChI is InChI=1S/C11H11BrFNO2/c12-9-1-8(2-10(13)3-9)11(16)14-4-7(5-14)6-15/h1-3,7,15H,4-6H2. The van der Waals surface area contributed by atoms with Crippen molar-refractivity contribution in [1.82, 2.24) is 4.90 Å². The summed E-state index contributed by atoms with van der Waals surface area (Å²) in [5, 5.41) is 8.84. The third-order valence-corrected chi connectivity index (χ3v) is 3.07. The lowest BCUT2D eigenvalue weighted by Crippen LogP contribution is -2.51. The minimum atomic E-state index is -0.433. The van der Waals surface area contributed by atoms with E-state index in [-0.39, 0.29) is 18.4 Å². The number of rotatable bonds is 2. The molecule has 16 heavy (non-hydrogen) atoms. The molecule has 2 rings (SSSR count). The highest BCUT2D eigenvalue weighted by atomic mass is 79.9. The number of carbonyl (C=O) groups is 1. The van der Waals surface area contributed by atoms with Crippen molar-refractivity contribution in [2.75, 3.05) is 19.7 Å². The Morgan fingerprint density at radius 2 is 2.19 bits per heavy atom. The largest absolute Gasteiger partial charge is 0.396 e. The predicted molar refractivity (Wildman–Crippen MR) is 60.6 cm³/mol. The molecule has 1 aromatic carbocycles. The van der Waals surface area contributed by atoms with Gasteiger partial charge < -0.3 is 10.0 Å². The van der Waals surface area contributed by atoms with Crippen molar-refractivity contribution in [1.29, 1.82) is 0 Å². The summed E-state index contributed by atoms with van der Waals surface area (Å²) in [6, 6.07) is 4.13. The Morgan fingerprint density at radius 1 is 1.50 bits per heavy atom. The molecule has 0 saturated carbocycles. The van der Waals surface area contributed by atoms with Crippen molar-refractivity contribution in [3.05, 3.63) is 34.1 Å². The molecular weight excluding hydrogens is 277 g/mol. The maximum Gasteiger partial charge on any atom is 0.254 e. The molecule has 1 heterocycles. The molecule has 86 valence electrons. The van der Waals surface area contributed by atoms with Crippen molar-refractivity contribution >= 4 is 21.8 Å². The minimum absolute atomic E-state index is 0.0939. The van der Waals surface area contributed by atoms with Gasteiger partial charge in [-0.05, 0) is 18.2 Å². The Kier molecular flexibility index (Phi) is 3.25. The number of hydrogen-bond acceptors (Lipinski definition) is 2. The first-order valence-electron chi connectivity index (χ1n) is 4.96. The van der Waals surface area contributed by atoms with Crippen LogP contribution in [-0.4, -0.2) is 35.6 Å². The number of likely N-dealkylation sites (tertiary alicyclic amines) is 1. The molecule has 1 fully saturated rings. The summed E-state index contributed by atoms with van der Waals surface area (Å²) >= 11 is 3.15. The van der Waals surface area contributed by atoms with Gasteiger partial charge in [-0.25, -0.2) is 4.39 Å². The summed E-state index contributed by atoms with van der Waals surface area (Å²) in [6.45, 7) is 1.18. The monoisotopic (exact) mass is 287 g/mol. The zero-order valence-corrected chi connectivity index (χ0v) is 10.1. The van der Waals surface area contributed by atoms with Crippen LogP contribution in [0.25, 0.3) is 0 Å². The Hall–Kier alpha value is -0.940. The Bertz CT molecular complexity index is 398. The van der Waals surface area contributed by atoms with Gasteiger partial charge in [0.25, 0.3) is 5.91 Å². The molecule has 0 bridgehead atoms. The summed E-state index contributed by atoms with van der Waals surface area (Å²) in [5.74, 6) is -0.456. The third kappa shape index (κ3) is 2.25. The van der Waals surface area contributed by atoms with Gasteiger partial charge in [-0.2, -0.15) is 0 Å². The van der Waals surface area contributed by atoms with E-state index >= 15 is 0 Å². The highest BCUT2D eigenvalue weighted by molar-refractivity contribution is 9.10. The molecule has 1 N–H and O–H groups in total. The predicted octanol–water partition coefficient (Wildman–Crippen LogP) is 1.65. The maximum atomic E-state index is 13.1. The molecule has 0 spiro atoms. The lowest BCUT2D eigenvalue weighted by Gasteiger charge is -2.38. The third-order valence-electron chi connectivity index (χ3n) is 2.61. The second-order valence-electron chi connectivity index (χ2n) is 3.92. The first-order chi connectivity index (χ1) is 7.60. The summed E-state index contributed by atoms with van der Waals surface area (Å²) in [6.07, 6.45) is 0. The summed E-state index contributed by atoms with van der Waals surface area (Å²) in [5.41, 5.74) is 0.336. The van der Waals surface area contributed by atoms with Gasteiger partial charge in [0.2, 0.25) is 0 Å². The van der Waals surface area contributed by atoms with Crippen LogP contribution in [0.1, 0.15) is 10.4 Å². The van der Waals surface area contributed by atoms with Gasteiger partial charge in [0.05, 0.1) is 0 Å². The van der Waals surface area contributed by atoms with Crippen LogP contribution in [0.4, 0.5) is 4.39 Å². The van der Waals surface area contributed by atoms with Crippen molar-refractivity contribution in [2.45, 2.75) is 0 Å². The molecule has 1 amide bonds. The van der Waals surface area contributed by atoms with Gasteiger partial charge in [0.15, 0.2) is 0 Å². The molecule has 1 aliphatic rings. The first kappa shape index (κ1) is 11.5. The molecule has 1 aromatic rings. The zero-order chi connectivity index (χ0) is 11.7. The second kappa shape index (κ2) is 4.51. The van der Waals surface area contributed by atoms with Crippen molar-refractivity contribution < 1.29 is 14.3 Å². The van der Waals surface area contributed by atoms with Gasteiger partial charge in [-0.15, -0.1) is 0 Å². The van der Waals surface area contributed by atoms with Crippen LogP contribution in [0.3, 0.4) is 0 Å². The minimum Gasteiger partial charge on any atom is -0.396 e. The van der Waals surface area contributed by atoms with E-state index in [1.807, 2.05) is 0 Å². The molecule has 1 aliphatic heterocycles. The van der Waals surface area contributed by atoms with Gasteiger partial charge in [0, 0.05) is 35.7 Å². The molecule has 1 saturated heterocycles. The summed E-state index contributed by atoms with van der Waals surface area (Å²) < 4.78 is 13.6. The molecule has 0 atom stereocenters. The van der Waals surface area contributed by atoms with Crippen molar-refractivity contribution in [2.24, 2.45) is 5.92 Å². The van der Waals surface area contributed by atoms with E-state index < -0.39 is 5.82 Å². The van der Waals surface area contributed by atoms with E-state index in [0.717, 1.165) is 0 Å². The van der Waals surface area contributed by atoms with Gasteiger partial charge >= 0.3 is 0 Å². The normalized spacial score (nSPS) is 16.1. The maximum absolute atomic E-state index is 13.1. The van der Waals surface area contributed by atoms with Gasteiger partial charge in [0.1, 0.15) is 5.82 Å². The van der Waals surface area contributed by atoms with Gasteiger partial charge in [-0.1, -0.05) is 15.9 Å². The average Bonchev–Trinajstić information content (AvgIpc) is 2.14. The molecule has 0 radical (unpaired) electrons. The first-order valence-corrected chi connectivity index (χ1v) is 5.75. The van der Waals surface area contributed by atoms with E-state index in [9.17, 15) is 9.18 Å². The number of amides is 1. The number of benzene rings is 1. The number of halogens is 2. The highest BCUT2D eigenvalue weighted by Crippen LogP contribution is 2.21. The molecule has 3 nitrogen and oxygen atoms in total.